The van der Waals surface area contributed by atoms with Gasteiger partial charge in [0, 0.05) is 10.8 Å². The van der Waals surface area contributed by atoms with Crippen molar-refractivity contribution >= 4 is 5.78 Å². The Hall–Kier alpha value is -1.14. The molecule has 2 aliphatic rings. The Morgan fingerprint density at radius 3 is 2.65 bits per heavy atom. The molecule has 0 aliphatic heterocycles. The highest BCUT2D eigenvalue weighted by atomic mass is 16.3. The van der Waals surface area contributed by atoms with E-state index in [0.717, 1.165) is 19.3 Å². The number of aliphatic hydroxyl groups is 1. The molecule has 0 bridgehead atoms. The predicted octanol–water partition coefficient (Wildman–Crippen LogP) is 2.57. The third kappa shape index (κ3) is 1.55. The molecule has 17 heavy (non-hydrogen) atoms. The molecule has 0 saturated heterocycles. The van der Waals surface area contributed by atoms with Crippen LogP contribution in [0, 0.1) is 23.3 Å². The van der Waals surface area contributed by atoms with Crippen molar-refractivity contribution in [2.45, 2.75) is 46.1 Å². The molecule has 1 fully saturated rings. The van der Waals surface area contributed by atoms with Crippen LogP contribution in [0.2, 0.25) is 0 Å². The second kappa shape index (κ2) is 3.68. The topological polar surface area (TPSA) is 41.7 Å². The molecule has 2 rings (SSSR count). The highest BCUT2D eigenvalue weighted by molar-refractivity contribution is 6.02. The summed E-state index contributed by atoms with van der Waals surface area (Å²) in [6.45, 7) is 12.9. The Bertz CT molecular complexity index is 430. The Balaban J connectivity index is 2.58. The minimum absolute atomic E-state index is 0.0657. The molecule has 0 spiro atoms. The van der Waals surface area contributed by atoms with Crippen molar-refractivity contribution in [2.75, 3.05) is 0 Å². The molecule has 3 heteroatoms. The molecule has 1 N–H and O–H groups in total. The summed E-state index contributed by atoms with van der Waals surface area (Å²) in [6, 6.07) is 0. The monoisotopic (exact) mass is 233 g/mol. The molecule has 0 aromatic heterocycles. The normalized spacial score (nSPS) is 40.2. The molecule has 0 unspecified atom stereocenters. The van der Waals surface area contributed by atoms with Crippen molar-refractivity contribution in [1.82, 2.24) is 0 Å². The highest BCUT2D eigenvalue weighted by Crippen LogP contribution is 2.55. The van der Waals surface area contributed by atoms with Crippen LogP contribution in [-0.4, -0.2) is 17.0 Å². The molecule has 0 aromatic carbocycles. The van der Waals surface area contributed by atoms with Gasteiger partial charge >= 0.3 is 0 Å². The van der Waals surface area contributed by atoms with E-state index < -0.39 is 16.9 Å². The van der Waals surface area contributed by atoms with Crippen LogP contribution in [-0.2, 0) is 4.79 Å². The number of rotatable bonds is 0. The molecule has 3 atom stereocenters. The first-order chi connectivity index (χ1) is 7.84. The lowest BCUT2D eigenvalue weighted by Crippen LogP contribution is -2.53. The average Bonchev–Trinajstić information content (AvgIpc) is 2.27. The quantitative estimate of drug-likeness (QED) is 0.653. The predicted molar refractivity (Wildman–Crippen MR) is 64.9 cm³/mol. The van der Waals surface area contributed by atoms with Gasteiger partial charge in [0.25, 0.3) is 0 Å². The third-order valence-electron chi connectivity index (χ3n) is 4.70. The van der Waals surface area contributed by atoms with Gasteiger partial charge in [-0.1, -0.05) is 33.3 Å². The Labute approximate surface area is 102 Å². The van der Waals surface area contributed by atoms with Crippen molar-refractivity contribution in [3.8, 4) is 0 Å². The van der Waals surface area contributed by atoms with Crippen LogP contribution in [0.1, 0.15) is 40.0 Å². The van der Waals surface area contributed by atoms with Gasteiger partial charge < -0.3 is 9.90 Å². The van der Waals surface area contributed by atoms with E-state index in [1.807, 2.05) is 20.8 Å². The van der Waals surface area contributed by atoms with Gasteiger partial charge in [0.2, 0.25) is 5.70 Å². The molecule has 3 nitrogen and oxygen atoms in total. The van der Waals surface area contributed by atoms with Gasteiger partial charge in [0.15, 0.2) is 5.78 Å². The summed E-state index contributed by atoms with van der Waals surface area (Å²) in [7, 11) is 0. The zero-order valence-corrected chi connectivity index (χ0v) is 10.7. The number of nitrogens with zero attached hydrogens (tertiary/aromatic N) is 1. The van der Waals surface area contributed by atoms with E-state index in [9.17, 15) is 9.90 Å². The fourth-order valence-corrected chi connectivity index (χ4v) is 3.64. The van der Waals surface area contributed by atoms with Crippen LogP contribution >= 0.6 is 0 Å². The smallest absolute Gasteiger partial charge is 0.226 e. The minimum Gasteiger partial charge on any atom is -0.392 e. The van der Waals surface area contributed by atoms with Crippen molar-refractivity contribution in [2.24, 2.45) is 16.7 Å². The molecule has 0 aromatic rings. The van der Waals surface area contributed by atoms with E-state index in [1.165, 1.54) is 0 Å². The van der Waals surface area contributed by atoms with Gasteiger partial charge in [-0.05, 0) is 18.8 Å². The van der Waals surface area contributed by atoms with Crippen LogP contribution in [0.5, 0.6) is 0 Å². The SMILES string of the molecule is [C-]#[N+]C1=C[C@]2(C)[C@@H](O)CCC[C@H]2C(C)(C)C1=O. The lowest BCUT2D eigenvalue weighted by Gasteiger charge is -2.52. The van der Waals surface area contributed by atoms with E-state index in [-0.39, 0.29) is 17.4 Å². The first kappa shape index (κ1) is 12.3. The van der Waals surface area contributed by atoms with Crippen molar-refractivity contribution in [3.63, 3.8) is 0 Å². The third-order valence-corrected chi connectivity index (χ3v) is 4.70. The van der Waals surface area contributed by atoms with E-state index in [2.05, 4.69) is 4.85 Å². The molecule has 2 aliphatic carbocycles. The molecule has 1 saturated carbocycles. The minimum atomic E-state index is -0.537. The molecular formula is C14H19NO2. The lowest BCUT2D eigenvalue weighted by molar-refractivity contribution is -0.136. The number of aliphatic hydroxyl groups excluding tert-OH is 1. The molecule has 0 heterocycles. The number of fused-ring (bicyclic) bond motifs is 1. The fourth-order valence-electron chi connectivity index (χ4n) is 3.64. The van der Waals surface area contributed by atoms with Gasteiger partial charge in [-0.3, -0.25) is 0 Å². The average molecular weight is 233 g/mol. The number of Topliss-reactive ketones (excluding diaryl/α,β-unsaturated/α-hetero) is 1. The van der Waals surface area contributed by atoms with E-state index >= 15 is 0 Å². The van der Waals surface area contributed by atoms with Crippen LogP contribution < -0.4 is 0 Å². The zero-order valence-electron chi connectivity index (χ0n) is 10.7. The zero-order chi connectivity index (χ0) is 12.8. The number of allylic oxidation sites excluding steroid dienone is 1. The summed E-state index contributed by atoms with van der Waals surface area (Å²) in [5.74, 6) is 0.0702. The van der Waals surface area contributed by atoms with Gasteiger partial charge in [0.1, 0.15) is 0 Å². The standard InChI is InChI=1S/C14H19NO2/c1-13(2)10-6-5-7-11(16)14(10,3)8-9(15-4)12(13)17/h8,10-11,16H,5-7H2,1-3H3/t10-,11-,14-/m0/s1. The van der Waals surface area contributed by atoms with Crippen LogP contribution in [0.15, 0.2) is 11.8 Å². The summed E-state index contributed by atoms with van der Waals surface area (Å²) in [4.78, 5) is 15.6. The second-order valence-electron chi connectivity index (χ2n) is 6.06. The first-order valence-corrected chi connectivity index (χ1v) is 6.17. The summed E-state index contributed by atoms with van der Waals surface area (Å²) >= 11 is 0. The maximum atomic E-state index is 12.2. The summed E-state index contributed by atoms with van der Waals surface area (Å²) in [5.41, 5.74) is -0.755. The number of hydrogen-bond acceptors (Lipinski definition) is 2. The summed E-state index contributed by atoms with van der Waals surface area (Å²) in [6.07, 6.45) is 3.96. The summed E-state index contributed by atoms with van der Waals surface area (Å²) < 4.78 is 0. The molecule has 0 amide bonds. The Morgan fingerprint density at radius 2 is 2.06 bits per heavy atom. The fraction of sp³-hybridized carbons (Fsp3) is 0.714. The largest absolute Gasteiger partial charge is 0.392 e. The Morgan fingerprint density at radius 1 is 1.41 bits per heavy atom. The van der Waals surface area contributed by atoms with Crippen LogP contribution in [0.4, 0.5) is 0 Å². The molecule has 0 radical (unpaired) electrons. The van der Waals surface area contributed by atoms with Gasteiger partial charge in [-0.25, -0.2) is 4.85 Å². The summed E-state index contributed by atoms with van der Waals surface area (Å²) in [5, 5.41) is 10.2. The Kier molecular flexibility index (Phi) is 2.67. The molecule has 92 valence electrons. The number of ketones is 1. The van der Waals surface area contributed by atoms with Crippen LogP contribution in [0.3, 0.4) is 0 Å². The number of hydrogen-bond donors (Lipinski definition) is 1. The first-order valence-electron chi connectivity index (χ1n) is 6.17. The highest BCUT2D eigenvalue weighted by Gasteiger charge is 2.54. The second-order valence-corrected chi connectivity index (χ2v) is 6.06. The van der Waals surface area contributed by atoms with E-state index in [1.54, 1.807) is 6.08 Å². The number of carbonyl (C=O) groups excluding carboxylic acids is 1. The van der Waals surface area contributed by atoms with Crippen molar-refractivity contribution in [3.05, 3.63) is 23.2 Å². The van der Waals surface area contributed by atoms with Gasteiger partial charge in [0.05, 0.1) is 12.7 Å². The van der Waals surface area contributed by atoms with Gasteiger partial charge in [-0.2, -0.15) is 0 Å². The lowest BCUT2D eigenvalue weighted by atomic mass is 9.52. The van der Waals surface area contributed by atoms with E-state index in [0.29, 0.717) is 0 Å². The van der Waals surface area contributed by atoms with Crippen molar-refractivity contribution in [1.29, 1.82) is 0 Å². The number of carbonyl (C=O) groups is 1. The molecular weight excluding hydrogens is 214 g/mol. The maximum Gasteiger partial charge on any atom is 0.226 e. The maximum absolute atomic E-state index is 12.2. The van der Waals surface area contributed by atoms with Crippen molar-refractivity contribution < 1.29 is 9.90 Å². The van der Waals surface area contributed by atoms with Crippen LogP contribution in [0.25, 0.3) is 4.85 Å². The van der Waals surface area contributed by atoms with E-state index in [4.69, 9.17) is 6.57 Å². The van der Waals surface area contributed by atoms with Gasteiger partial charge in [-0.15, -0.1) is 0 Å².